The van der Waals surface area contributed by atoms with Gasteiger partial charge in [0.15, 0.2) is 11.5 Å². The minimum Gasteiger partial charge on any atom is -0.493 e. The second-order valence-electron chi connectivity index (χ2n) is 7.25. The zero-order chi connectivity index (χ0) is 17.9. The maximum atomic E-state index is 5.69. The number of nitrogens with zero attached hydrogens (tertiary/aromatic N) is 1. The molecule has 3 heteroatoms. The average Bonchev–Trinajstić information content (AvgIpc) is 2.68. The lowest BCUT2D eigenvalue weighted by molar-refractivity contribution is 0.0950. The maximum absolute atomic E-state index is 5.69. The molecule has 1 fully saturated rings. The molecule has 0 aliphatic carbocycles. The molecule has 2 aliphatic heterocycles. The van der Waals surface area contributed by atoms with Gasteiger partial charge in [-0.3, -0.25) is 4.90 Å². The summed E-state index contributed by atoms with van der Waals surface area (Å²) in [7, 11) is 3.43. The van der Waals surface area contributed by atoms with E-state index in [-0.39, 0.29) is 0 Å². The fourth-order valence-corrected chi connectivity index (χ4v) is 4.50. The molecule has 0 saturated carbocycles. The molecule has 2 heterocycles. The summed E-state index contributed by atoms with van der Waals surface area (Å²) in [5.41, 5.74) is 3.99. The van der Waals surface area contributed by atoms with Crippen LogP contribution in [-0.4, -0.2) is 31.2 Å². The molecule has 2 atom stereocenters. The average molecular weight is 349 g/mol. The van der Waals surface area contributed by atoms with Gasteiger partial charge in [0.1, 0.15) is 0 Å². The van der Waals surface area contributed by atoms with Crippen molar-refractivity contribution in [3.8, 4) is 11.5 Å². The van der Waals surface area contributed by atoms with Crippen LogP contribution >= 0.6 is 0 Å². The van der Waals surface area contributed by atoms with Crippen molar-refractivity contribution in [1.29, 1.82) is 0 Å². The Balaban J connectivity index is 1.65. The number of hydrogen-bond donors (Lipinski definition) is 0. The quantitative estimate of drug-likeness (QED) is 0.765. The summed E-state index contributed by atoms with van der Waals surface area (Å²) in [5, 5.41) is 0. The Bertz CT molecular complexity index is 784. The molecule has 2 unspecified atom stereocenters. The van der Waals surface area contributed by atoms with Crippen LogP contribution in [0.2, 0.25) is 0 Å². The van der Waals surface area contributed by atoms with Gasteiger partial charge in [-0.2, -0.15) is 0 Å². The minimum atomic E-state index is 0.508. The first-order valence-corrected chi connectivity index (χ1v) is 9.52. The Hall–Kier alpha value is -2.26. The number of ether oxygens (including phenoxy) is 2. The molecule has 0 spiro atoms. The van der Waals surface area contributed by atoms with Gasteiger partial charge in [0.25, 0.3) is 0 Å². The van der Waals surface area contributed by atoms with Crippen molar-refractivity contribution in [1.82, 2.24) is 4.90 Å². The van der Waals surface area contributed by atoms with Crippen LogP contribution in [0.4, 0.5) is 0 Å². The topological polar surface area (TPSA) is 21.7 Å². The molecule has 0 amide bonds. The van der Waals surface area contributed by atoms with E-state index in [4.69, 9.17) is 9.47 Å². The summed E-state index contributed by atoms with van der Waals surface area (Å²) in [4.78, 5) is 2.69. The molecule has 1 saturated heterocycles. The number of piperidine rings is 1. The second-order valence-corrected chi connectivity index (χ2v) is 7.25. The molecule has 2 aromatic carbocycles. The van der Waals surface area contributed by atoms with Gasteiger partial charge in [-0.05, 0) is 36.5 Å². The highest BCUT2D eigenvalue weighted by Crippen LogP contribution is 2.42. The summed E-state index contributed by atoms with van der Waals surface area (Å²) in [5.74, 6) is 1.67. The molecule has 0 aromatic heterocycles. The summed E-state index contributed by atoms with van der Waals surface area (Å²) < 4.78 is 11.2. The molecule has 26 heavy (non-hydrogen) atoms. The zero-order valence-electron chi connectivity index (χ0n) is 15.7. The molecular formula is C23H27NO2. The highest BCUT2D eigenvalue weighted by molar-refractivity contribution is 5.74. The lowest BCUT2D eigenvalue weighted by Crippen LogP contribution is -2.47. The van der Waals surface area contributed by atoms with Crippen LogP contribution in [0, 0.1) is 0 Å². The normalized spacial score (nSPS) is 22.6. The first-order chi connectivity index (χ1) is 12.8. The van der Waals surface area contributed by atoms with E-state index in [2.05, 4.69) is 53.4 Å². The monoisotopic (exact) mass is 349 g/mol. The predicted octanol–water partition coefficient (Wildman–Crippen LogP) is 4.91. The van der Waals surface area contributed by atoms with Crippen LogP contribution in [0.25, 0.3) is 5.57 Å². The molecule has 0 N–H and O–H groups in total. The highest BCUT2D eigenvalue weighted by Gasteiger charge is 2.34. The third kappa shape index (κ3) is 3.24. The number of benzene rings is 2. The molecule has 2 aliphatic rings. The first kappa shape index (κ1) is 17.2. The van der Waals surface area contributed by atoms with E-state index in [9.17, 15) is 0 Å². The molecule has 4 rings (SSSR count). The van der Waals surface area contributed by atoms with Crippen LogP contribution in [0.5, 0.6) is 11.5 Å². The van der Waals surface area contributed by atoms with E-state index < -0.39 is 0 Å². The molecule has 0 radical (unpaired) electrons. The summed E-state index contributed by atoms with van der Waals surface area (Å²) in [6.07, 6.45) is 7.37. The van der Waals surface area contributed by atoms with E-state index >= 15 is 0 Å². The number of para-hydroxylation sites is 1. The minimum absolute atomic E-state index is 0.508. The van der Waals surface area contributed by atoms with Gasteiger partial charge in [-0.15, -0.1) is 0 Å². The van der Waals surface area contributed by atoms with Crippen molar-refractivity contribution in [2.24, 2.45) is 0 Å². The SMILES string of the molecule is COc1cccc(C2=CC3CCCC(C2)N3Cc2ccccc2)c1OC. The van der Waals surface area contributed by atoms with Gasteiger partial charge in [-0.1, -0.05) is 55.0 Å². The van der Waals surface area contributed by atoms with E-state index in [1.807, 2.05) is 6.07 Å². The Labute approximate surface area is 156 Å². The highest BCUT2D eigenvalue weighted by atomic mass is 16.5. The fraction of sp³-hybridized carbons (Fsp3) is 0.391. The van der Waals surface area contributed by atoms with Crippen LogP contribution < -0.4 is 9.47 Å². The van der Waals surface area contributed by atoms with Gasteiger partial charge in [0.05, 0.1) is 14.2 Å². The van der Waals surface area contributed by atoms with Gasteiger partial charge in [0, 0.05) is 24.2 Å². The number of rotatable bonds is 5. The number of methoxy groups -OCH3 is 2. The first-order valence-electron chi connectivity index (χ1n) is 9.52. The molecule has 2 bridgehead atoms. The summed E-state index contributed by atoms with van der Waals surface area (Å²) >= 11 is 0. The molecule has 3 nitrogen and oxygen atoms in total. The Morgan fingerprint density at radius 3 is 2.54 bits per heavy atom. The smallest absolute Gasteiger partial charge is 0.168 e. The van der Waals surface area contributed by atoms with Gasteiger partial charge < -0.3 is 9.47 Å². The van der Waals surface area contributed by atoms with Crippen molar-refractivity contribution in [2.75, 3.05) is 14.2 Å². The standard InChI is InChI=1S/C23H27NO2/c1-25-22-13-7-12-21(23(22)26-2)18-14-19-10-6-11-20(15-18)24(19)16-17-8-4-3-5-9-17/h3-5,7-9,12-14,19-20H,6,10-11,15-16H2,1-2H3. The Kier molecular flexibility index (Phi) is 4.98. The lowest BCUT2D eigenvalue weighted by atomic mass is 9.82. The second kappa shape index (κ2) is 7.55. The zero-order valence-corrected chi connectivity index (χ0v) is 15.7. The van der Waals surface area contributed by atoms with Crippen LogP contribution in [0.3, 0.4) is 0 Å². The third-order valence-electron chi connectivity index (χ3n) is 5.74. The van der Waals surface area contributed by atoms with Crippen molar-refractivity contribution < 1.29 is 9.47 Å². The van der Waals surface area contributed by atoms with E-state index in [1.165, 1.54) is 36.0 Å². The molecule has 136 valence electrons. The van der Waals surface area contributed by atoms with E-state index in [0.717, 1.165) is 24.5 Å². The van der Waals surface area contributed by atoms with Crippen LogP contribution in [0.15, 0.2) is 54.6 Å². The van der Waals surface area contributed by atoms with Gasteiger partial charge in [0.2, 0.25) is 0 Å². The number of hydrogen-bond acceptors (Lipinski definition) is 3. The van der Waals surface area contributed by atoms with Crippen molar-refractivity contribution in [3.05, 3.63) is 65.7 Å². The lowest BCUT2D eigenvalue weighted by Gasteiger charge is -2.45. The van der Waals surface area contributed by atoms with Crippen LogP contribution in [0.1, 0.15) is 36.8 Å². The number of fused-ring (bicyclic) bond motifs is 2. The largest absolute Gasteiger partial charge is 0.493 e. The van der Waals surface area contributed by atoms with E-state index in [0.29, 0.717) is 12.1 Å². The molecule has 2 aromatic rings. The van der Waals surface area contributed by atoms with Crippen molar-refractivity contribution in [3.63, 3.8) is 0 Å². The Morgan fingerprint density at radius 1 is 0.962 bits per heavy atom. The van der Waals surface area contributed by atoms with Crippen molar-refractivity contribution >= 4 is 5.57 Å². The summed E-state index contributed by atoms with van der Waals surface area (Å²) in [6, 6.07) is 18.1. The van der Waals surface area contributed by atoms with Gasteiger partial charge in [-0.25, -0.2) is 0 Å². The predicted molar refractivity (Wildman–Crippen MR) is 106 cm³/mol. The fourth-order valence-electron chi connectivity index (χ4n) is 4.50. The Morgan fingerprint density at radius 2 is 1.81 bits per heavy atom. The van der Waals surface area contributed by atoms with Crippen molar-refractivity contribution in [2.45, 2.75) is 44.3 Å². The molecular weight excluding hydrogens is 322 g/mol. The van der Waals surface area contributed by atoms with Gasteiger partial charge >= 0.3 is 0 Å². The third-order valence-corrected chi connectivity index (χ3v) is 5.74. The maximum Gasteiger partial charge on any atom is 0.168 e. The summed E-state index contributed by atoms with van der Waals surface area (Å²) in [6.45, 7) is 1.04. The van der Waals surface area contributed by atoms with E-state index in [1.54, 1.807) is 14.2 Å². The van der Waals surface area contributed by atoms with Crippen LogP contribution in [-0.2, 0) is 6.54 Å².